The van der Waals surface area contributed by atoms with Gasteiger partial charge in [-0.25, -0.2) is 0 Å². The van der Waals surface area contributed by atoms with Crippen LogP contribution in [-0.2, 0) is 9.59 Å². The lowest BCUT2D eigenvalue weighted by Crippen LogP contribution is -2.57. The predicted molar refractivity (Wildman–Crippen MR) is 110 cm³/mol. The van der Waals surface area contributed by atoms with Gasteiger partial charge in [0.05, 0.1) is 12.6 Å². The van der Waals surface area contributed by atoms with Crippen LogP contribution < -0.4 is 5.73 Å². The predicted octanol–water partition coefficient (Wildman–Crippen LogP) is 1.75. The number of piperazine rings is 1. The van der Waals surface area contributed by atoms with Crippen molar-refractivity contribution in [3.8, 4) is 0 Å². The van der Waals surface area contributed by atoms with Crippen molar-refractivity contribution in [3.05, 3.63) is 0 Å². The van der Waals surface area contributed by atoms with Crippen LogP contribution >= 0.6 is 24.8 Å². The highest BCUT2D eigenvalue weighted by Gasteiger charge is 2.33. The monoisotopic (exact) mass is 410 g/mol. The molecule has 2 aliphatic heterocycles. The topological polar surface area (TPSA) is 69.9 Å². The average Bonchev–Trinajstić information content (AvgIpc) is 2.82. The Bertz CT molecular complexity index is 441. The van der Waals surface area contributed by atoms with Crippen LogP contribution in [0.25, 0.3) is 0 Å². The maximum atomic E-state index is 12.5. The summed E-state index contributed by atoms with van der Waals surface area (Å²) in [5.74, 6) is 0.268. The van der Waals surface area contributed by atoms with E-state index in [0.717, 1.165) is 39.0 Å². The fourth-order valence-electron chi connectivity index (χ4n) is 3.30. The number of rotatable bonds is 3. The molecule has 0 aliphatic carbocycles. The molecular weight excluding hydrogens is 375 g/mol. The molecule has 0 saturated carbocycles. The number of nitrogens with two attached hydrogens (primary N) is 1. The van der Waals surface area contributed by atoms with Crippen LogP contribution in [0.2, 0.25) is 0 Å². The number of halogens is 2. The lowest BCUT2D eigenvalue weighted by Gasteiger charge is -2.38. The molecule has 2 fully saturated rings. The SMILES string of the molecule is CC(C)(C)[C@H](N)C(=O)N1CCN(CC(=O)N2CCCCCC2)CC1.Cl.Cl. The largest absolute Gasteiger partial charge is 0.342 e. The third kappa shape index (κ3) is 7.22. The second kappa shape index (κ2) is 11.3. The van der Waals surface area contributed by atoms with Gasteiger partial charge in [-0.3, -0.25) is 14.5 Å². The highest BCUT2D eigenvalue weighted by molar-refractivity contribution is 5.85. The second-order valence-electron chi connectivity index (χ2n) is 8.24. The van der Waals surface area contributed by atoms with Gasteiger partial charge in [-0.2, -0.15) is 0 Å². The molecule has 0 bridgehead atoms. The first-order valence-corrected chi connectivity index (χ1v) is 9.33. The Morgan fingerprint density at radius 2 is 1.35 bits per heavy atom. The summed E-state index contributed by atoms with van der Waals surface area (Å²) in [6.45, 7) is 11.1. The van der Waals surface area contributed by atoms with Gasteiger partial charge in [0, 0.05) is 39.3 Å². The van der Waals surface area contributed by atoms with Gasteiger partial charge in [-0.15, -0.1) is 24.8 Å². The molecule has 2 rings (SSSR count). The summed E-state index contributed by atoms with van der Waals surface area (Å²) in [5.41, 5.74) is 5.86. The van der Waals surface area contributed by atoms with Crippen LogP contribution in [0.5, 0.6) is 0 Å². The van der Waals surface area contributed by atoms with E-state index in [1.807, 2.05) is 30.6 Å². The van der Waals surface area contributed by atoms with Gasteiger partial charge >= 0.3 is 0 Å². The molecule has 0 unspecified atom stereocenters. The van der Waals surface area contributed by atoms with Crippen molar-refractivity contribution < 1.29 is 9.59 Å². The van der Waals surface area contributed by atoms with Crippen molar-refractivity contribution in [2.75, 3.05) is 45.8 Å². The molecule has 2 N–H and O–H groups in total. The molecule has 26 heavy (non-hydrogen) atoms. The van der Waals surface area contributed by atoms with E-state index in [1.165, 1.54) is 12.8 Å². The first kappa shape index (κ1) is 25.4. The molecule has 0 aromatic carbocycles. The van der Waals surface area contributed by atoms with Crippen molar-refractivity contribution in [2.45, 2.75) is 52.5 Å². The maximum Gasteiger partial charge on any atom is 0.240 e. The van der Waals surface area contributed by atoms with Crippen LogP contribution in [0.4, 0.5) is 0 Å². The first-order chi connectivity index (χ1) is 11.3. The highest BCUT2D eigenvalue weighted by Crippen LogP contribution is 2.20. The third-order valence-corrected chi connectivity index (χ3v) is 5.20. The number of hydrogen-bond acceptors (Lipinski definition) is 4. The Hall–Kier alpha value is -0.560. The molecule has 2 heterocycles. The Labute approximate surface area is 170 Å². The van der Waals surface area contributed by atoms with Gasteiger partial charge < -0.3 is 15.5 Å². The van der Waals surface area contributed by atoms with Crippen molar-refractivity contribution >= 4 is 36.6 Å². The van der Waals surface area contributed by atoms with Crippen LogP contribution in [0.15, 0.2) is 0 Å². The van der Waals surface area contributed by atoms with Gasteiger partial charge in [-0.1, -0.05) is 33.6 Å². The summed E-state index contributed by atoms with van der Waals surface area (Å²) in [6, 6.07) is -0.470. The molecule has 0 aromatic rings. The molecule has 0 aromatic heterocycles. The molecule has 2 saturated heterocycles. The number of carbonyl (C=O) groups excluding carboxylic acids is 2. The lowest BCUT2D eigenvalue weighted by atomic mass is 9.86. The number of nitrogens with zero attached hydrogens (tertiary/aromatic N) is 3. The van der Waals surface area contributed by atoms with Crippen LogP contribution in [0.1, 0.15) is 46.5 Å². The van der Waals surface area contributed by atoms with E-state index in [2.05, 4.69) is 4.90 Å². The Morgan fingerprint density at radius 1 is 0.846 bits per heavy atom. The summed E-state index contributed by atoms with van der Waals surface area (Å²) in [4.78, 5) is 31.0. The summed E-state index contributed by atoms with van der Waals surface area (Å²) in [7, 11) is 0. The van der Waals surface area contributed by atoms with Gasteiger partial charge in [0.1, 0.15) is 0 Å². The third-order valence-electron chi connectivity index (χ3n) is 5.20. The minimum Gasteiger partial charge on any atom is -0.342 e. The molecule has 8 heteroatoms. The van der Waals surface area contributed by atoms with Gasteiger partial charge in [-0.05, 0) is 18.3 Å². The van der Waals surface area contributed by atoms with E-state index in [1.54, 1.807) is 0 Å². The summed E-state index contributed by atoms with van der Waals surface area (Å²) in [5, 5.41) is 0. The fourth-order valence-corrected chi connectivity index (χ4v) is 3.30. The molecule has 0 spiro atoms. The van der Waals surface area contributed by atoms with Crippen LogP contribution in [0, 0.1) is 5.41 Å². The summed E-state index contributed by atoms with van der Waals surface area (Å²) >= 11 is 0. The average molecular weight is 411 g/mol. The lowest BCUT2D eigenvalue weighted by molar-refractivity contribution is -0.137. The Morgan fingerprint density at radius 3 is 1.81 bits per heavy atom. The Kier molecular flexibility index (Phi) is 11.1. The Balaban J connectivity index is 0.00000312. The number of hydrogen-bond donors (Lipinski definition) is 1. The summed E-state index contributed by atoms with van der Waals surface area (Å²) in [6.07, 6.45) is 4.72. The first-order valence-electron chi connectivity index (χ1n) is 9.33. The van der Waals surface area contributed by atoms with E-state index >= 15 is 0 Å². The van der Waals surface area contributed by atoms with E-state index in [0.29, 0.717) is 19.6 Å². The van der Waals surface area contributed by atoms with Gasteiger partial charge in [0.15, 0.2) is 0 Å². The molecule has 2 aliphatic rings. The molecular formula is C18H36Cl2N4O2. The van der Waals surface area contributed by atoms with Crippen LogP contribution in [-0.4, -0.2) is 78.4 Å². The number of amides is 2. The van der Waals surface area contributed by atoms with Crippen molar-refractivity contribution in [1.82, 2.24) is 14.7 Å². The van der Waals surface area contributed by atoms with Gasteiger partial charge in [0.2, 0.25) is 11.8 Å². The van der Waals surface area contributed by atoms with Gasteiger partial charge in [0.25, 0.3) is 0 Å². The highest BCUT2D eigenvalue weighted by atomic mass is 35.5. The van der Waals surface area contributed by atoms with E-state index in [4.69, 9.17) is 5.73 Å². The zero-order valence-corrected chi connectivity index (χ0v) is 18.0. The molecule has 2 amide bonds. The minimum absolute atomic E-state index is 0. The van der Waals surface area contributed by atoms with Crippen molar-refractivity contribution in [1.29, 1.82) is 0 Å². The minimum atomic E-state index is -0.470. The summed E-state index contributed by atoms with van der Waals surface area (Å²) < 4.78 is 0. The van der Waals surface area contributed by atoms with Crippen molar-refractivity contribution in [2.24, 2.45) is 11.1 Å². The normalized spacial score (nSPS) is 20.5. The second-order valence-corrected chi connectivity index (χ2v) is 8.24. The van der Waals surface area contributed by atoms with Crippen LogP contribution in [0.3, 0.4) is 0 Å². The molecule has 6 nitrogen and oxygen atoms in total. The number of likely N-dealkylation sites (tertiary alicyclic amines) is 1. The van der Waals surface area contributed by atoms with E-state index < -0.39 is 6.04 Å². The maximum absolute atomic E-state index is 12.5. The quantitative estimate of drug-likeness (QED) is 0.768. The van der Waals surface area contributed by atoms with E-state index in [9.17, 15) is 9.59 Å². The standard InChI is InChI=1S/C18H34N4O2.2ClH/c1-18(2,3)16(19)17(24)22-12-10-20(11-13-22)14-15(23)21-8-6-4-5-7-9-21;;/h16H,4-14,19H2,1-3H3;2*1H/t16-;;/m1../s1. The zero-order chi connectivity index (χ0) is 17.7. The molecule has 0 radical (unpaired) electrons. The molecule has 154 valence electrons. The van der Waals surface area contributed by atoms with E-state index in [-0.39, 0.29) is 42.0 Å². The fraction of sp³-hybridized carbons (Fsp3) is 0.889. The smallest absolute Gasteiger partial charge is 0.240 e. The van der Waals surface area contributed by atoms with Crippen molar-refractivity contribution in [3.63, 3.8) is 0 Å². The number of carbonyl (C=O) groups is 2. The zero-order valence-electron chi connectivity index (χ0n) is 16.4. The molecule has 1 atom stereocenters.